The maximum absolute atomic E-state index is 12.2. The Hall–Kier alpha value is -2.72. The number of hydrogen-bond donors (Lipinski definition) is 1. The summed E-state index contributed by atoms with van der Waals surface area (Å²) >= 11 is 1.14. The van der Waals surface area contributed by atoms with Gasteiger partial charge in [-0.05, 0) is 35.9 Å². The fourth-order valence-electron chi connectivity index (χ4n) is 2.68. The molecule has 0 fully saturated rings. The molecule has 0 spiro atoms. The third-order valence-corrected chi connectivity index (χ3v) is 6.90. The van der Waals surface area contributed by atoms with Gasteiger partial charge in [0.1, 0.15) is 5.52 Å². The largest absolute Gasteiger partial charge is 0.493 e. The Morgan fingerprint density at radius 1 is 1.13 bits per heavy atom. The van der Waals surface area contributed by atoms with Gasteiger partial charge in [0.25, 0.3) is 5.22 Å². The Morgan fingerprint density at radius 3 is 2.60 bits per heavy atom. The van der Waals surface area contributed by atoms with E-state index in [-0.39, 0.29) is 22.3 Å². The van der Waals surface area contributed by atoms with Crippen LogP contribution in [0.1, 0.15) is 12.5 Å². The molecule has 0 unspecified atom stereocenters. The molecule has 0 atom stereocenters. The van der Waals surface area contributed by atoms with E-state index >= 15 is 0 Å². The van der Waals surface area contributed by atoms with Crippen molar-refractivity contribution in [3.8, 4) is 11.5 Å². The smallest absolute Gasteiger partial charge is 0.257 e. The van der Waals surface area contributed by atoms with Crippen LogP contribution in [0.5, 0.6) is 11.5 Å². The van der Waals surface area contributed by atoms with E-state index in [0.717, 1.165) is 17.3 Å². The van der Waals surface area contributed by atoms with E-state index in [4.69, 9.17) is 13.9 Å². The molecule has 0 aliphatic rings. The molecule has 8 nitrogen and oxygen atoms in total. The molecule has 160 valence electrons. The molecule has 1 aromatic heterocycles. The van der Waals surface area contributed by atoms with Gasteiger partial charge in [-0.1, -0.05) is 24.8 Å². The first-order chi connectivity index (χ1) is 14.4. The Morgan fingerprint density at radius 2 is 1.90 bits per heavy atom. The lowest BCUT2D eigenvalue weighted by Gasteiger charge is -2.10. The number of nitrogens with zero attached hydrogens (tertiary/aromatic N) is 1. The third-order valence-electron chi connectivity index (χ3n) is 4.34. The highest BCUT2D eigenvalue weighted by Crippen LogP contribution is 2.28. The van der Waals surface area contributed by atoms with Crippen LogP contribution in [0.3, 0.4) is 0 Å². The van der Waals surface area contributed by atoms with Crippen molar-refractivity contribution in [1.82, 2.24) is 10.3 Å². The van der Waals surface area contributed by atoms with Crippen LogP contribution in [0.2, 0.25) is 0 Å². The molecule has 0 saturated heterocycles. The molecule has 1 amide bonds. The van der Waals surface area contributed by atoms with Crippen molar-refractivity contribution >= 4 is 38.6 Å². The Bertz CT molecular complexity index is 1160. The fraction of sp³-hybridized carbons (Fsp3) is 0.300. The summed E-state index contributed by atoms with van der Waals surface area (Å²) in [5.41, 5.74) is 1.79. The fourth-order valence-corrected chi connectivity index (χ4v) is 4.25. The molecule has 1 N–H and O–H groups in total. The minimum absolute atomic E-state index is 0.0121. The number of carbonyl (C=O) groups excluding carboxylic acids is 1. The number of oxazole rings is 1. The highest BCUT2D eigenvalue weighted by molar-refractivity contribution is 7.99. The summed E-state index contributed by atoms with van der Waals surface area (Å²) in [6, 6.07) is 9.98. The second kappa shape index (κ2) is 9.40. The highest BCUT2D eigenvalue weighted by atomic mass is 32.2. The van der Waals surface area contributed by atoms with E-state index in [0.29, 0.717) is 34.4 Å². The van der Waals surface area contributed by atoms with Gasteiger partial charge in [-0.25, -0.2) is 13.4 Å². The van der Waals surface area contributed by atoms with Gasteiger partial charge < -0.3 is 19.2 Å². The van der Waals surface area contributed by atoms with Crippen molar-refractivity contribution in [2.24, 2.45) is 0 Å². The molecular formula is C20H22N2O6S2. The summed E-state index contributed by atoms with van der Waals surface area (Å²) in [6.07, 6.45) is 0. The summed E-state index contributed by atoms with van der Waals surface area (Å²) in [7, 11) is -0.204. The van der Waals surface area contributed by atoms with Gasteiger partial charge in [0.05, 0.1) is 30.6 Å². The molecular weight excluding hydrogens is 428 g/mol. The number of rotatable bonds is 9. The molecule has 0 aliphatic heterocycles. The molecule has 1 heterocycles. The van der Waals surface area contributed by atoms with Crippen LogP contribution in [0.4, 0.5) is 0 Å². The van der Waals surface area contributed by atoms with Gasteiger partial charge in [-0.3, -0.25) is 4.79 Å². The van der Waals surface area contributed by atoms with Crippen LogP contribution < -0.4 is 14.8 Å². The molecule has 0 bridgehead atoms. The molecule has 30 heavy (non-hydrogen) atoms. The Kier molecular flexibility index (Phi) is 6.88. The number of hydrogen-bond acceptors (Lipinski definition) is 8. The van der Waals surface area contributed by atoms with Gasteiger partial charge in [-0.15, -0.1) is 0 Å². The molecule has 3 aromatic rings. The molecule has 10 heteroatoms. The van der Waals surface area contributed by atoms with E-state index in [1.54, 1.807) is 39.3 Å². The molecule has 3 rings (SSSR count). The lowest BCUT2D eigenvalue weighted by molar-refractivity contribution is -0.118. The number of benzene rings is 2. The van der Waals surface area contributed by atoms with Crippen molar-refractivity contribution in [2.45, 2.75) is 23.6 Å². The number of thioether (sulfide) groups is 1. The van der Waals surface area contributed by atoms with Crippen LogP contribution >= 0.6 is 11.8 Å². The number of aromatic nitrogens is 1. The first-order valence-electron chi connectivity index (χ1n) is 9.10. The molecule has 0 radical (unpaired) electrons. The van der Waals surface area contributed by atoms with Crippen molar-refractivity contribution in [1.29, 1.82) is 0 Å². The second-order valence-corrected chi connectivity index (χ2v) is 9.47. The lowest BCUT2D eigenvalue weighted by Crippen LogP contribution is -2.24. The van der Waals surface area contributed by atoms with Crippen LogP contribution in [0.25, 0.3) is 11.1 Å². The molecule has 0 saturated carbocycles. The predicted molar refractivity (Wildman–Crippen MR) is 114 cm³/mol. The van der Waals surface area contributed by atoms with E-state index in [1.807, 2.05) is 6.07 Å². The average molecular weight is 451 g/mol. The summed E-state index contributed by atoms with van der Waals surface area (Å²) < 4.78 is 40.0. The van der Waals surface area contributed by atoms with Crippen LogP contribution in [-0.2, 0) is 21.2 Å². The first kappa shape index (κ1) is 22.0. The predicted octanol–water partition coefficient (Wildman–Crippen LogP) is 3.05. The van der Waals surface area contributed by atoms with E-state index in [1.165, 1.54) is 12.1 Å². The number of amides is 1. The van der Waals surface area contributed by atoms with Crippen molar-refractivity contribution in [2.75, 3.05) is 25.7 Å². The normalized spacial score (nSPS) is 11.4. The van der Waals surface area contributed by atoms with Gasteiger partial charge in [-0.2, -0.15) is 0 Å². The van der Waals surface area contributed by atoms with E-state index in [2.05, 4.69) is 10.3 Å². The number of carbonyl (C=O) groups is 1. The van der Waals surface area contributed by atoms with Gasteiger partial charge >= 0.3 is 0 Å². The molecule has 0 aliphatic carbocycles. The Balaban J connectivity index is 1.59. The van der Waals surface area contributed by atoms with Crippen molar-refractivity contribution in [3.63, 3.8) is 0 Å². The minimum Gasteiger partial charge on any atom is -0.493 e. The summed E-state index contributed by atoms with van der Waals surface area (Å²) in [6.45, 7) is 1.93. The Labute approximate surface area is 178 Å². The number of ether oxygens (including phenoxy) is 2. The van der Waals surface area contributed by atoms with Crippen LogP contribution in [0, 0.1) is 0 Å². The van der Waals surface area contributed by atoms with E-state index < -0.39 is 9.84 Å². The second-order valence-electron chi connectivity index (χ2n) is 6.27. The van der Waals surface area contributed by atoms with Gasteiger partial charge in [0.15, 0.2) is 26.9 Å². The minimum atomic E-state index is -3.32. The van der Waals surface area contributed by atoms with Crippen molar-refractivity contribution in [3.05, 3.63) is 42.0 Å². The number of methoxy groups -OCH3 is 2. The quantitative estimate of drug-likeness (QED) is 0.496. The van der Waals surface area contributed by atoms with Gasteiger partial charge in [0, 0.05) is 6.54 Å². The van der Waals surface area contributed by atoms with E-state index in [9.17, 15) is 13.2 Å². The third kappa shape index (κ3) is 5.06. The maximum Gasteiger partial charge on any atom is 0.257 e. The zero-order valence-electron chi connectivity index (χ0n) is 16.8. The topological polar surface area (TPSA) is 108 Å². The summed E-state index contributed by atoms with van der Waals surface area (Å²) in [5.74, 6) is 1.15. The molecule has 2 aromatic carbocycles. The first-order valence-corrected chi connectivity index (χ1v) is 11.7. The zero-order chi connectivity index (χ0) is 21.7. The summed E-state index contributed by atoms with van der Waals surface area (Å²) in [5, 5.41) is 3.13. The maximum atomic E-state index is 12.2. The standard InChI is InChI=1S/C20H22N2O6S2/c1-4-30(24,25)14-6-8-16-15(10-14)22-20(28-16)29-12-19(23)21-11-13-5-7-17(26-2)18(9-13)27-3/h5-10H,4,11-12H2,1-3H3,(H,21,23). The van der Waals surface area contributed by atoms with Crippen LogP contribution in [0.15, 0.2) is 50.9 Å². The number of nitrogens with one attached hydrogen (secondary N) is 1. The number of fused-ring (bicyclic) bond motifs is 1. The highest BCUT2D eigenvalue weighted by Gasteiger charge is 2.15. The SMILES string of the molecule is CCS(=O)(=O)c1ccc2oc(SCC(=O)NCc3ccc(OC)c(OC)c3)nc2c1. The lowest BCUT2D eigenvalue weighted by atomic mass is 10.2. The monoisotopic (exact) mass is 450 g/mol. The zero-order valence-corrected chi connectivity index (χ0v) is 18.4. The summed E-state index contributed by atoms with van der Waals surface area (Å²) in [4.78, 5) is 16.6. The number of sulfone groups is 1. The van der Waals surface area contributed by atoms with Crippen molar-refractivity contribution < 1.29 is 27.1 Å². The van der Waals surface area contributed by atoms with Crippen LogP contribution in [-0.4, -0.2) is 45.0 Å². The van der Waals surface area contributed by atoms with Gasteiger partial charge in [0.2, 0.25) is 5.91 Å². The average Bonchev–Trinajstić information content (AvgIpc) is 3.18.